The van der Waals surface area contributed by atoms with E-state index in [1.54, 1.807) is 0 Å². The molecule has 0 saturated heterocycles. The standard InChI is InChI=1S/C42H58O6/c1-39-19-15-27(23-25(39)5-7-29-31-9-11-35(43)41(31,3)21-17-33(29)39)47-37(45)13-14-38(46)48-28-16-20-40(2)26(24-28)6-8-30-32-10-12-36(44)42(32,4)22-18-34(30)40/h5-6,27-34H,7-24H2,1-4H3. The monoisotopic (exact) mass is 658 g/mol. The Morgan fingerprint density at radius 1 is 0.583 bits per heavy atom. The van der Waals surface area contributed by atoms with Crippen LogP contribution in [0, 0.1) is 57.2 Å². The topological polar surface area (TPSA) is 86.7 Å². The molecule has 6 saturated carbocycles. The highest BCUT2D eigenvalue weighted by atomic mass is 16.6. The van der Waals surface area contributed by atoms with Gasteiger partial charge in [0.1, 0.15) is 23.8 Å². The van der Waals surface area contributed by atoms with Gasteiger partial charge >= 0.3 is 11.9 Å². The van der Waals surface area contributed by atoms with Crippen molar-refractivity contribution in [2.24, 2.45) is 57.2 Å². The van der Waals surface area contributed by atoms with Crippen LogP contribution in [0.2, 0.25) is 0 Å². The SMILES string of the molecule is CC12CCC3C(CC=C4CC(OC(=O)CCC(=O)OC5CCC6(C)C(=CCC7C8CCC(=O)C8(C)CCC76)C5)CCC43C)C1CCC2=O. The molecule has 6 fully saturated rings. The van der Waals surface area contributed by atoms with E-state index < -0.39 is 0 Å². The summed E-state index contributed by atoms with van der Waals surface area (Å²) in [5.41, 5.74) is 2.96. The molecule has 0 N–H and O–H groups in total. The van der Waals surface area contributed by atoms with Crippen LogP contribution in [0.1, 0.15) is 143 Å². The second-order valence-corrected chi connectivity index (χ2v) is 18.6. The molecule has 12 atom stereocenters. The minimum atomic E-state index is -0.292. The predicted octanol–water partition coefficient (Wildman–Crippen LogP) is 8.65. The highest BCUT2D eigenvalue weighted by Crippen LogP contribution is 2.65. The minimum Gasteiger partial charge on any atom is -0.462 e. The van der Waals surface area contributed by atoms with Gasteiger partial charge in [0.05, 0.1) is 12.8 Å². The number of carbonyl (C=O) groups excluding carboxylic acids is 4. The van der Waals surface area contributed by atoms with E-state index in [0.717, 1.165) is 103 Å². The van der Waals surface area contributed by atoms with Gasteiger partial charge in [-0.05, 0) is 123 Å². The van der Waals surface area contributed by atoms with Crippen molar-refractivity contribution in [2.45, 2.75) is 155 Å². The molecular formula is C42H58O6. The van der Waals surface area contributed by atoms with Crippen molar-refractivity contribution in [1.82, 2.24) is 0 Å². The lowest BCUT2D eigenvalue weighted by atomic mass is 9.48. The minimum absolute atomic E-state index is 0.0698. The molecule has 8 rings (SSSR count). The molecule has 6 heteroatoms. The van der Waals surface area contributed by atoms with Gasteiger partial charge in [0.15, 0.2) is 0 Å². The highest BCUT2D eigenvalue weighted by Gasteiger charge is 2.60. The van der Waals surface area contributed by atoms with E-state index in [1.165, 1.54) is 11.1 Å². The van der Waals surface area contributed by atoms with Gasteiger partial charge in [-0.1, -0.05) is 51.0 Å². The van der Waals surface area contributed by atoms with Crippen LogP contribution in [0.3, 0.4) is 0 Å². The predicted molar refractivity (Wildman–Crippen MR) is 182 cm³/mol. The number of hydrogen-bond donors (Lipinski definition) is 0. The number of esters is 2. The number of ketones is 2. The fraction of sp³-hybridized carbons (Fsp3) is 0.810. The van der Waals surface area contributed by atoms with Gasteiger partial charge in [-0.2, -0.15) is 0 Å². The fourth-order valence-corrected chi connectivity index (χ4v) is 13.7. The summed E-state index contributed by atoms with van der Waals surface area (Å²) < 4.78 is 12.0. The second kappa shape index (κ2) is 11.7. The van der Waals surface area contributed by atoms with Gasteiger partial charge in [-0.3, -0.25) is 19.2 Å². The number of Topliss-reactive ketones (excluding diaryl/α,β-unsaturated/α-hetero) is 2. The van der Waals surface area contributed by atoms with Crippen molar-refractivity contribution in [3.05, 3.63) is 23.3 Å². The number of hydrogen-bond acceptors (Lipinski definition) is 6. The second-order valence-electron chi connectivity index (χ2n) is 18.6. The maximum absolute atomic E-state index is 12.9. The van der Waals surface area contributed by atoms with Crippen molar-refractivity contribution >= 4 is 23.5 Å². The number of allylic oxidation sites excluding steroid dienone is 2. The summed E-state index contributed by atoms with van der Waals surface area (Å²) in [6, 6.07) is 0. The largest absolute Gasteiger partial charge is 0.462 e. The van der Waals surface area contributed by atoms with E-state index in [0.29, 0.717) is 47.1 Å². The van der Waals surface area contributed by atoms with E-state index in [4.69, 9.17) is 9.47 Å². The Labute approximate surface area is 287 Å². The number of fused-ring (bicyclic) bond motifs is 10. The first-order valence-corrected chi connectivity index (χ1v) is 19.7. The number of ether oxygens (including phenoxy) is 2. The molecule has 0 aliphatic heterocycles. The number of rotatable bonds is 5. The maximum atomic E-state index is 12.9. The molecule has 0 spiro atoms. The van der Waals surface area contributed by atoms with Gasteiger partial charge in [0, 0.05) is 36.5 Å². The Bertz CT molecular complexity index is 1350. The smallest absolute Gasteiger partial charge is 0.306 e. The van der Waals surface area contributed by atoms with Gasteiger partial charge < -0.3 is 9.47 Å². The van der Waals surface area contributed by atoms with Gasteiger partial charge in [-0.25, -0.2) is 0 Å². The summed E-state index contributed by atoms with van der Waals surface area (Å²) in [7, 11) is 0. The Morgan fingerprint density at radius 3 is 1.38 bits per heavy atom. The lowest BCUT2D eigenvalue weighted by molar-refractivity contribution is -0.158. The molecule has 0 bridgehead atoms. The summed E-state index contributed by atoms with van der Waals surface area (Å²) in [6.07, 6.45) is 20.2. The Kier molecular flexibility index (Phi) is 8.00. The van der Waals surface area contributed by atoms with E-state index in [9.17, 15) is 19.2 Å². The van der Waals surface area contributed by atoms with Crippen molar-refractivity contribution in [3.63, 3.8) is 0 Å². The molecule has 0 radical (unpaired) electrons. The summed E-state index contributed by atoms with van der Waals surface area (Å²) in [6.45, 7) is 9.33. The third-order valence-corrected chi connectivity index (χ3v) is 16.7. The first kappa shape index (κ1) is 32.9. The first-order chi connectivity index (χ1) is 22.8. The van der Waals surface area contributed by atoms with Crippen LogP contribution in [0.5, 0.6) is 0 Å². The summed E-state index contributed by atoms with van der Waals surface area (Å²) in [4.78, 5) is 51.4. The lowest BCUT2D eigenvalue weighted by Crippen LogP contribution is -2.50. The molecule has 12 unspecified atom stereocenters. The van der Waals surface area contributed by atoms with E-state index >= 15 is 0 Å². The molecule has 0 aromatic heterocycles. The van der Waals surface area contributed by atoms with Crippen LogP contribution in [0.4, 0.5) is 0 Å². The van der Waals surface area contributed by atoms with Crippen molar-refractivity contribution in [3.8, 4) is 0 Å². The van der Waals surface area contributed by atoms with Crippen molar-refractivity contribution in [1.29, 1.82) is 0 Å². The molecule has 0 heterocycles. The van der Waals surface area contributed by atoms with Crippen LogP contribution in [0.15, 0.2) is 23.3 Å². The molecule has 0 aromatic carbocycles. The highest BCUT2D eigenvalue weighted by molar-refractivity contribution is 5.87. The molecule has 262 valence electrons. The quantitative estimate of drug-likeness (QED) is 0.217. The van der Waals surface area contributed by atoms with Gasteiger partial charge in [0.25, 0.3) is 0 Å². The van der Waals surface area contributed by atoms with Crippen molar-refractivity contribution in [2.75, 3.05) is 0 Å². The third kappa shape index (κ3) is 4.98. The van der Waals surface area contributed by atoms with E-state index in [-0.39, 0.29) is 58.6 Å². The van der Waals surface area contributed by atoms with E-state index in [2.05, 4.69) is 39.8 Å². The molecule has 48 heavy (non-hydrogen) atoms. The maximum Gasteiger partial charge on any atom is 0.306 e. The molecule has 0 amide bonds. The van der Waals surface area contributed by atoms with Crippen LogP contribution < -0.4 is 0 Å². The Morgan fingerprint density at radius 2 is 0.958 bits per heavy atom. The molecule has 8 aliphatic rings. The average molecular weight is 659 g/mol. The summed E-state index contributed by atoms with van der Waals surface area (Å²) in [5.74, 6) is 3.87. The van der Waals surface area contributed by atoms with Crippen LogP contribution in [0.25, 0.3) is 0 Å². The molecule has 0 aromatic rings. The van der Waals surface area contributed by atoms with Gasteiger partial charge in [0.2, 0.25) is 0 Å². The van der Waals surface area contributed by atoms with Crippen molar-refractivity contribution < 1.29 is 28.7 Å². The van der Waals surface area contributed by atoms with Gasteiger partial charge in [-0.15, -0.1) is 0 Å². The molecule has 6 nitrogen and oxygen atoms in total. The van der Waals surface area contributed by atoms with E-state index in [1.807, 2.05) is 0 Å². The summed E-state index contributed by atoms with van der Waals surface area (Å²) >= 11 is 0. The summed E-state index contributed by atoms with van der Waals surface area (Å²) in [5, 5.41) is 0. The Balaban J connectivity index is 0.815. The zero-order chi connectivity index (χ0) is 33.6. The number of carbonyl (C=O) groups is 4. The third-order valence-electron chi connectivity index (χ3n) is 16.7. The average Bonchev–Trinajstić information content (AvgIpc) is 3.54. The van der Waals surface area contributed by atoms with Crippen LogP contribution in [-0.4, -0.2) is 35.7 Å². The normalized spacial score (nSPS) is 47.7. The lowest BCUT2D eigenvalue weighted by Gasteiger charge is -2.56. The molecule has 8 aliphatic carbocycles. The van der Waals surface area contributed by atoms with Crippen LogP contribution >= 0.6 is 0 Å². The molecular weight excluding hydrogens is 600 g/mol. The Hall–Kier alpha value is -2.24. The van der Waals surface area contributed by atoms with Crippen LogP contribution in [-0.2, 0) is 28.7 Å². The first-order valence-electron chi connectivity index (χ1n) is 19.7. The zero-order valence-corrected chi connectivity index (χ0v) is 30.0. The fourth-order valence-electron chi connectivity index (χ4n) is 13.7. The zero-order valence-electron chi connectivity index (χ0n) is 30.0.